The third-order valence-corrected chi connectivity index (χ3v) is 6.22. The second-order valence-corrected chi connectivity index (χ2v) is 8.45. The predicted molar refractivity (Wildman–Crippen MR) is 110 cm³/mol. The molecule has 7 nitrogen and oxygen atoms in total. The summed E-state index contributed by atoms with van der Waals surface area (Å²) in [6.07, 6.45) is 6.10. The molecule has 8 heteroatoms. The standard InChI is InChI=1S/C21H21N5O2S/c1-13-4-6-18(17(7-13)26-11-23-24-12-26)28-10-20(27)25-21-16(9-22)15-5-3-14(2)8-19(15)29-21/h4,6-7,11-12,14H,3,5,8,10H2,1-2H3,(H,25,27)/t14-/m0/s1. The molecule has 0 aliphatic heterocycles. The van der Waals surface area contributed by atoms with Crippen LogP contribution in [0.5, 0.6) is 5.75 Å². The van der Waals surface area contributed by atoms with E-state index in [-0.39, 0.29) is 12.5 Å². The molecule has 0 spiro atoms. The zero-order valence-electron chi connectivity index (χ0n) is 16.3. The summed E-state index contributed by atoms with van der Waals surface area (Å²) in [5.41, 5.74) is 3.52. The number of fused-ring (bicyclic) bond motifs is 1. The minimum Gasteiger partial charge on any atom is -0.482 e. The highest BCUT2D eigenvalue weighted by atomic mass is 32.1. The van der Waals surface area contributed by atoms with Crippen LogP contribution in [0.4, 0.5) is 5.00 Å². The Balaban J connectivity index is 1.48. The normalized spacial score (nSPS) is 15.4. The number of rotatable bonds is 5. The van der Waals surface area contributed by atoms with E-state index in [9.17, 15) is 10.1 Å². The molecule has 1 amide bonds. The Morgan fingerprint density at radius 2 is 2.21 bits per heavy atom. The number of carbonyl (C=O) groups excluding carboxylic acids is 1. The van der Waals surface area contributed by atoms with Gasteiger partial charge in [0.05, 0.1) is 11.3 Å². The minimum absolute atomic E-state index is 0.151. The Labute approximate surface area is 173 Å². The lowest BCUT2D eigenvalue weighted by atomic mass is 9.89. The smallest absolute Gasteiger partial charge is 0.262 e. The van der Waals surface area contributed by atoms with Gasteiger partial charge in [0.1, 0.15) is 29.5 Å². The van der Waals surface area contributed by atoms with Gasteiger partial charge in [0.2, 0.25) is 0 Å². The molecule has 148 valence electrons. The Kier molecular flexibility index (Phi) is 5.32. The van der Waals surface area contributed by atoms with Gasteiger partial charge in [-0.1, -0.05) is 13.0 Å². The molecular weight excluding hydrogens is 386 g/mol. The van der Waals surface area contributed by atoms with Gasteiger partial charge in [-0.25, -0.2) is 0 Å². The van der Waals surface area contributed by atoms with Crippen molar-refractivity contribution in [1.82, 2.24) is 14.8 Å². The average Bonchev–Trinajstić information content (AvgIpc) is 3.34. The first kappa shape index (κ1) is 19.2. The maximum absolute atomic E-state index is 12.5. The Hall–Kier alpha value is -3.18. The van der Waals surface area contributed by atoms with E-state index >= 15 is 0 Å². The summed E-state index contributed by atoms with van der Waals surface area (Å²) in [7, 11) is 0. The molecule has 0 unspecified atom stereocenters. The molecule has 0 fully saturated rings. The van der Waals surface area contributed by atoms with E-state index in [1.54, 1.807) is 17.2 Å². The summed E-state index contributed by atoms with van der Waals surface area (Å²) in [6, 6.07) is 7.96. The predicted octanol–water partition coefficient (Wildman–Crippen LogP) is 3.65. The number of nitrogens with one attached hydrogen (secondary N) is 1. The molecule has 4 rings (SSSR count). The lowest BCUT2D eigenvalue weighted by Gasteiger charge is -2.17. The van der Waals surface area contributed by atoms with Crippen molar-refractivity contribution in [1.29, 1.82) is 5.26 Å². The lowest BCUT2D eigenvalue weighted by Crippen LogP contribution is -2.20. The van der Waals surface area contributed by atoms with Crippen LogP contribution >= 0.6 is 11.3 Å². The van der Waals surface area contributed by atoms with E-state index in [2.05, 4.69) is 28.5 Å². The summed E-state index contributed by atoms with van der Waals surface area (Å²) < 4.78 is 7.51. The highest BCUT2D eigenvalue weighted by molar-refractivity contribution is 7.16. The number of carbonyl (C=O) groups is 1. The van der Waals surface area contributed by atoms with Crippen molar-refractivity contribution in [3.05, 3.63) is 52.4 Å². The third kappa shape index (κ3) is 4.00. The molecule has 0 saturated heterocycles. The molecule has 0 saturated carbocycles. The van der Waals surface area contributed by atoms with Crippen molar-refractivity contribution in [2.24, 2.45) is 5.92 Å². The number of amides is 1. The first-order valence-electron chi connectivity index (χ1n) is 9.48. The number of thiophene rings is 1. The fraction of sp³-hybridized carbons (Fsp3) is 0.333. The Morgan fingerprint density at radius 3 is 2.97 bits per heavy atom. The molecule has 29 heavy (non-hydrogen) atoms. The Bertz CT molecular complexity index is 1080. The van der Waals surface area contributed by atoms with Gasteiger partial charge in [0.15, 0.2) is 6.61 Å². The van der Waals surface area contributed by atoms with Gasteiger partial charge >= 0.3 is 0 Å². The van der Waals surface area contributed by atoms with Gasteiger partial charge in [-0.2, -0.15) is 5.26 Å². The zero-order chi connectivity index (χ0) is 20.4. The van der Waals surface area contributed by atoms with Crippen LogP contribution in [0.15, 0.2) is 30.9 Å². The number of hydrogen-bond acceptors (Lipinski definition) is 6. The van der Waals surface area contributed by atoms with Crippen LogP contribution in [0, 0.1) is 24.2 Å². The van der Waals surface area contributed by atoms with Gasteiger partial charge in [0.25, 0.3) is 5.91 Å². The summed E-state index contributed by atoms with van der Waals surface area (Å²) in [6.45, 7) is 4.05. The molecule has 1 aromatic carbocycles. The van der Waals surface area contributed by atoms with Gasteiger partial charge in [0, 0.05) is 4.88 Å². The van der Waals surface area contributed by atoms with Gasteiger partial charge in [-0.3, -0.25) is 9.36 Å². The SMILES string of the molecule is Cc1ccc(OCC(=O)Nc2sc3c(c2C#N)CC[C@H](C)C3)c(-n2cnnc2)c1. The number of anilines is 1. The fourth-order valence-electron chi connectivity index (χ4n) is 3.54. The van der Waals surface area contributed by atoms with Gasteiger partial charge < -0.3 is 10.1 Å². The van der Waals surface area contributed by atoms with Crippen LogP contribution in [0.25, 0.3) is 5.69 Å². The molecule has 0 radical (unpaired) electrons. The maximum Gasteiger partial charge on any atom is 0.262 e. The molecular formula is C21H21N5O2S. The van der Waals surface area contributed by atoms with E-state index in [1.165, 1.54) is 16.2 Å². The summed E-state index contributed by atoms with van der Waals surface area (Å²) in [5, 5.41) is 20.7. The largest absolute Gasteiger partial charge is 0.482 e. The van der Waals surface area contributed by atoms with E-state index in [0.29, 0.717) is 22.2 Å². The number of ether oxygens (including phenoxy) is 1. The van der Waals surface area contributed by atoms with Crippen molar-refractivity contribution >= 4 is 22.2 Å². The second kappa shape index (κ2) is 8.05. The minimum atomic E-state index is -0.288. The quantitative estimate of drug-likeness (QED) is 0.697. The van der Waals surface area contributed by atoms with Crippen LogP contribution in [0.2, 0.25) is 0 Å². The maximum atomic E-state index is 12.5. The number of nitriles is 1. The van der Waals surface area contributed by atoms with Gasteiger partial charge in [-0.05, 0) is 55.4 Å². The molecule has 2 aromatic heterocycles. The summed E-state index contributed by atoms with van der Waals surface area (Å²) >= 11 is 1.51. The van der Waals surface area contributed by atoms with Gasteiger partial charge in [-0.15, -0.1) is 21.5 Å². The second-order valence-electron chi connectivity index (χ2n) is 7.34. The van der Waals surface area contributed by atoms with Crippen molar-refractivity contribution < 1.29 is 9.53 Å². The summed E-state index contributed by atoms with van der Waals surface area (Å²) in [5.74, 6) is 0.881. The van der Waals surface area contributed by atoms with E-state index < -0.39 is 0 Å². The molecule has 3 aromatic rings. The Morgan fingerprint density at radius 1 is 1.41 bits per heavy atom. The third-order valence-electron chi connectivity index (χ3n) is 5.05. The van der Waals surface area contributed by atoms with Crippen molar-refractivity contribution in [3.8, 4) is 17.5 Å². The molecule has 2 heterocycles. The van der Waals surface area contributed by atoms with Crippen LogP contribution in [-0.4, -0.2) is 27.3 Å². The number of nitrogens with zero attached hydrogens (tertiary/aromatic N) is 4. The number of benzene rings is 1. The molecule has 0 bridgehead atoms. The molecule has 1 atom stereocenters. The van der Waals surface area contributed by atoms with Crippen molar-refractivity contribution in [3.63, 3.8) is 0 Å². The first-order valence-corrected chi connectivity index (χ1v) is 10.3. The van der Waals surface area contributed by atoms with Crippen LogP contribution in [0.3, 0.4) is 0 Å². The molecule has 1 aliphatic rings. The number of aromatic nitrogens is 3. The lowest BCUT2D eigenvalue weighted by molar-refractivity contribution is -0.118. The molecule has 1 aliphatic carbocycles. The summed E-state index contributed by atoms with van der Waals surface area (Å²) in [4.78, 5) is 13.7. The topological polar surface area (TPSA) is 92.8 Å². The molecule has 1 N–H and O–H groups in total. The monoisotopic (exact) mass is 407 g/mol. The van der Waals surface area contributed by atoms with Crippen LogP contribution < -0.4 is 10.1 Å². The van der Waals surface area contributed by atoms with Crippen molar-refractivity contribution in [2.75, 3.05) is 11.9 Å². The van der Waals surface area contributed by atoms with E-state index in [0.717, 1.165) is 36.1 Å². The highest BCUT2D eigenvalue weighted by Gasteiger charge is 2.24. The first-order chi connectivity index (χ1) is 14.0. The fourth-order valence-corrected chi connectivity index (χ4v) is 4.92. The zero-order valence-corrected chi connectivity index (χ0v) is 17.1. The van der Waals surface area contributed by atoms with Crippen molar-refractivity contribution in [2.45, 2.75) is 33.1 Å². The van der Waals surface area contributed by atoms with Crippen LogP contribution in [0.1, 0.15) is 34.9 Å². The highest BCUT2D eigenvalue weighted by Crippen LogP contribution is 2.39. The van der Waals surface area contributed by atoms with Crippen LogP contribution in [-0.2, 0) is 17.6 Å². The number of hydrogen-bond donors (Lipinski definition) is 1. The number of aryl methyl sites for hydroxylation is 1. The average molecular weight is 407 g/mol. The van der Waals surface area contributed by atoms with E-state index in [4.69, 9.17) is 4.74 Å². The van der Waals surface area contributed by atoms with E-state index in [1.807, 2.05) is 25.1 Å².